The molecule has 3 rings (SSSR count). The molecule has 8 heteroatoms. The van der Waals surface area contributed by atoms with Gasteiger partial charge in [-0.05, 0) is 68.4 Å². The second kappa shape index (κ2) is 10.4. The Bertz CT molecular complexity index is 1060. The number of primary amides is 1. The normalized spacial score (nSPS) is 16.7. The van der Waals surface area contributed by atoms with E-state index in [1.165, 1.54) is 0 Å². The number of carbonyl (C=O) groups excluding carboxylic acids is 2. The third-order valence-electron chi connectivity index (χ3n) is 6.51. The molecule has 2 amide bonds. The largest absolute Gasteiger partial charge is 0.369 e. The van der Waals surface area contributed by atoms with Gasteiger partial charge in [0, 0.05) is 26.2 Å². The molecule has 0 bridgehead atoms. The number of nitrogens with two attached hydrogens (primary N) is 1. The number of rotatable bonds is 9. The maximum absolute atomic E-state index is 13.1. The Balaban J connectivity index is 1.60. The van der Waals surface area contributed by atoms with Crippen molar-refractivity contribution in [2.75, 3.05) is 26.2 Å². The molecule has 0 spiro atoms. The van der Waals surface area contributed by atoms with Crippen molar-refractivity contribution in [2.45, 2.75) is 44.4 Å². The van der Waals surface area contributed by atoms with Crippen LogP contribution in [0.2, 0.25) is 0 Å². The number of benzene rings is 2. The maximum atomic E-state index is 13.1. The Morgan fingerprint density at radius 1 is 1.06 bits per heavy atom. The second-order valence-corrected chi connectivity index (χ2v) is 10.3. The van der Waals surface area contributed by atoms with Gasteiger partial charge in [0.05, 0.1) is 4.90 Å². The van der Waals surface area contributed by atoms with Gasteiger partial charge in [0.15, 0.2) is 0 Å². The Morgan fingerprint density at radius 2 is 1.69 bits per heavy atom. The van der Waals surface area contributed by atoms with Gasteiger partial charge in [-0.3, -0.25) is 9.59 Å². The molecule has 1 unspecified atom stereocenters. The van der Waals surface area contributed by atoms with Crippen LogP contribution >= 0.6 is 0 Å². The summed E-state index contributed by atoms with van der Waals surface area (Å²) in [7, 11) is -3.55. The smallest absolute Gasteiger partial charge is 0.243 e. The molecule has 0 aromatic heterocycles. The van der Waals surface area contributed by atoms with Gasteiger partial charge in [0.1, 0.15) is 5.92 Å². The van der Waals surface area contributed by atoms with Crippen LogP contribution in [0, 0.1) is 11.8 Å². The maximum Gasteiger partial charge on any atom is 0.243 e. The molecule has 0 saturated carbocycles. The van der Waals surface area contributed by atoms with Gasteiger partial charge in [-0.1, -0.05) is 30.3 Å². The highest BCUT2D eigenvalue weighted by Gasteiger charge is 2.32. The van der Waals surface area contributed by atoms with Crippen LogP contribution in [0.5, 0.6) is 0 Å². The summed E-state index contributed by atoms with van der Waals surface area (Å²) in [5, 5.41) is 1.91. The zero-order valence-electron chi connectivity index (χ0n) is 18.9. The van der Waals surface area contributed by atoms with Crippen molar-refractivity contribution in [1.82, 2.24) is 9.21 Å². The van der Waals surface area contributed by atoms with Gasteiger partial charge in [0.25, 0.3) is 0 Å². The summed E-state index contributed by atoms with van der Waals surface area (Å²) in [5.74, 6) is -1.34. The van der Waals surface area contributed by atoms with E-state index in [0.717, 1.165) is 10.8 Å². The van der Waals surface area contributed by atoms with E-state index < -0.39 is 21.8 Å². The predicted molar refractivity (Wildman–Crippen MR) is 125 cm³/mol. The first kappa shape index (κ1) is 24.2. The molecule has 1 saturated heterocycles. The molecule has 0 radical (unpaired) electrons. The van der Waals surface area contributed by atoms with Crippen LogP contribution in [0.1, 0.15) is 39.5 Å². The fourth-order valence-corrected chi connectivity index (χ4v) is 5.97. The number of fused-ring (bicyclic) bond motifs is 1. The Kier molecular flexibility index (Phi) is 7.90. The summed E-state index contributed by atoms with van der Waals surface area (Å²) in [5.41, 5.74) is 5.51. The van der Waals surface area contributed by atoms with E-state index in [4.69, 9.17) is 5.73 Å². The molecule has 7 nitrogen and oxygen atoms in total. The van der Waals surface area contributed by atoms with E-state index in [0.29, 0.717) is 56.8 Å². The molecule has 0 aliphatic carbocycles. The number of piperidine rings is 1. The van der Waals surface area contributed by atoms with E-state index in [1.807, 2.05) is 44.2 Å². The van der Waals surface area contributed by atoms with Crippen molar-refractivity contribution in [3.05, 3.63) is 42.5 Å². The molecule has 1 aliphatic rings. The van der Waals surface area contributed by atoms with Crippen molar-refractivity contribution < 1.29 is 18.0 Å². The molecule has 1 atom stereocenters. The molecular formula is C24H33N3O4S. The lowest BCUT2D eigenvalue weighted by molar-refractivity contribution is -0.141. The quantitative estimate of drug-likeness (QED) is 0.583. The van der Waals surface area contributed by atoms with Gasteiger partial charge < -0.3 is 10.6 Å². The molecule has 32 heavy (non-hydrogen) atoms. The highest BCUT2D eigenvalue weighted by atomic mass is 32.2. The molecule has 1 aliphatic heterocycles. The van der Waals surface area contributed by atoms with Gasteiger partial charge in [-0.25, -0.2) is 8.42 Å². The first-order valence-corrected chi connectivity index (χ1v) is 12.8. The summed E-state index contributed by atoms with van der Waals surface area (Å²) < 4.78 is 27.8. The van der Waals surface area contributed by atoms with Gasteiger partial charge in [0.2, 0.25) is 21.8 Å². The standard InChI is InChI=1S/C24H33N3O4S/c1-3-26(4-2)24(29)22(23(25)28)12-9-18-13-15-27(16-14-18)32(30,31)21-11-10-19-7-5-6-8-20(19)17-21/h5-8,10-11,17-18,22H,3-4,9,12-16H2,1-2H3,(H2,25,28). The van der Waals surface area contributed by atoms with Crippen LogP contribution in [0.3, 0.4) is 0 Å². The zero-order valence-corrected chi connectivity index (χ0v) is 19.7. The van der Waals surface area contributed by atoms with Crippen molar-refractivity contribution >= 4 is 32.6 Å². The Hall–Kier alpha value is -2.45. The third kappa shape index (κ3) is 5.30. The van der Waals surface area contributed by atoms with Gasteiger partial charge >= 0.3 is 0 Å². The minimum Gasteiger partial charge on any atom is -0.369 e. The summed E-state index contributed by atoms with van der Waals surface area (Å²) in [6.07, 6.45) is 2.51. The van der Waals surface area contributed by atoms with Crippen LogP contribution in [-0.2, 0) is 19.6 Å². The number of sulfonamides is 1. The summed E-state index contributed by atoms with van der Waals surface area (Å²) in [6, 6.07) is 12.9. The summed E-state index contributed by atoms with van der Waals surface area (Å²) in [4.78, 5) is 26.4. The first-order chi connectivity index (χ1) is 15.3. The average Bonchev–Trinajstić information content (AvgIpc) is 2.79. The van der Waals surface area contributed by atoms with Crippen LogP contribution in [0.15, 0.2) is 47.4 Å². The fraction of sp³-hybridized carbons (Fsp3) is 0.500. The van der Waals surface area contributed by atoms with Crippen LogP contribution in [0.25, 0.3) is 10.8 Å². The van der Waals surface area contributed by atoms with E-state index in [2.05, 4.69) is 0 Å². The van der Waals surface area contributed by atoms with E-state index in [9.17, 15) is 18.0 Å². The zero-order chi connectivity index (χ0) is 23.3. The lowest BCUT2D eigenvalue weighted by Gasteiger charge is -2.32. The van der Waals surface area contributed by atoms with Crippen molar-refractivity contribution in [1.29, 1.82) is 0 Å². The van der Waals surface area contributed by atoms with Crippen molar-refractivity contribution in [2.24, 2.45) is 17.6 Å². The molecule has 2 aromatic rings. The van der Waals surface area contributed by atoms with Crippen LogP contribution in [0.4, 0.5) is 0 Å². The summed E-state index contributed by atoms with van der Waals surface area (Å²) >= 11 is 0. The first-order valence-electron chi connectivity index (χ1n) is 11.3. The van der Waals surface area contributed by atoms with Crippen molar-refractivity contribution in [3.8, 4) is 0 Å². The van der Waals surface area contributed by atoms with Crippen molar-refractivity contribution in [3.63, 3.8) is 0 Å². The lowest BCUT2D eigenvalue weighted by Crippen LogP contribution is -2.42. The Labute approximate surface area is 190 Å². The average molecular weight is 460 g/mol. The lowest BCUT2D eigenvalue weighted by atomic mass is 9.88. The van der Waals surface area contributed by atoms with E-state index >= 15 is 0 Å². The highest BCUT2D eigenvalue weighted by molar-refractivity contribution is 7.89. The number of carbonyl (C=O) groups is 2. The monoisotopic (exact) mass is 459 g/mol. The second-order valence-electron chi connectivity index (χ2n) is 8.40. The minimum absolute atomic E-state index is 0.209. The molecule has 2 aromatic carbocycles. The molecular weight excluding hydrogens is 426 g/mol. The molecule has 1 fully saturated rings. The third-order valence-corrected chi connectivity index (χ3v) is 8.41. The number of hydrogen-bond donors (Lipinski definition) is 1. The minimum atomic E-state index is -3.55. The highest BCUT2D eigenvalue weighted by Crippen LogP contribution is 2.29. The van der Waals surface area contributed by atoms with E-state index in [1.54, 1.807) is 21.3 Å². The van der Waals surface area contributed by atoms with Gasteiger partial charge in [-0.15, -0.1) is 0 Å². The number of amides is 2. The SMILES string of the molecule is CCN(CC)C(=O)C(CCC1CCN(S(=O)(=O)c2ccc3ccccc3c2)CC1)C(N)=O. The summed E-state index contributed by atoms with van der Waals surface area (Å²) in [6.45, 7) is 5.72. The molecule has 1 heterocycles. The number of nitrogens with zero attached hydrogens (tertiary/aromatic N) is 2. The number of hydrogen-bond acceptors (Lipinski definition) is 4. The van der Waals surface area contributed by atoms with E-state index in [-0.39, 0.29) is 11.8 Å². The topological polar surface area (TPSA) is 101 Å². The molecule has 174 valence electrons. The van der Waals surface area contributed by atoms with Crippen LogP contribution < -0.4 is 5.73 Å². The predicted octanol–water partition coefficient (Wildman–Crippen LogP) is 2.99. The fourth-order valence-electron chi connectivity index (χ4n) is 4.46. The molecule has 2 N–H and O–H groups in total. The van der Waals surface area contributed by atoms with Crippen LogP contribution in [-0.4, -0.2) is 55.6 Å². The Morgan fingerprint density at radius 3 is 2.28 bits per heavy atom. The van der Waals surface area contributed by atoms with Gasteiger partial charge in [-0.2, -0.15) is 4.31 Å².